The van der Waals surface area contributed by atoms with Gasteiger partial charge in [-0.25, -0.2) is 0 Å². The summed E-state index contributed by atoms with van der Waals surface area (Å²) in [6, 6.07) is 25.5. The van der Waals surface area contributed by atoms with Gasteiger partial charge in [0.1, 0.15) is 17.4 Å². The molecule has 0 saturated carbocycles. The van der Waals surface area contributed by atoms with E-state index in [1.54, 1.807) is 37.5 Å². The Morgan fingerprint density at radius 2 is 1.72 bits per heavy atom. The first-order chi connectivity index (χ1) is 15.5. The van der Waals surface area contributed by atoms with Crippen molar-refractivity contribution in [2.45, 2.75) is 13.8 Å². The molecule has 0 unspecified atom stereocenters. The molecule has 0 aliphatic heterocycles. The summed E-state index contributed by atoms with van der Waals surface area (Å²) < 4.78 is 7.26. The van der Waals surface area contributed by atoms with Gasteiger partial charge >= 0.3 is 0 Å². The predicted octanol–water partition coefficient (Wildman–Crippen LogP) is 5.80. The smallest absolute Gasteiger partial charge is 0.266 e. The molecule has 3 aromatic carbocycles. The normalized spacial score (nSPS) is 11.2. The lowest BCUT2D eigenvalue weighted by Crippen LogP contribution is -2.13. The van der Waals surface area contributed by atoms with Crippen molar-refractivity contribution in [2.24, 2.45) is 0 Å². The largest absolute Gasteiger partial charge is 0.497 e. The molecular weight excluding hydrogens is 398 g/mol. The van der Waals surface area contributed by atoms with Gasteiger partial charge in [0.05, 0.1) is 7.11 Å². The van der Waals surface area contributed by atoms with Gasteiger partial charge in [-0.2, -0.15) is 5.26 Å². The first kappa shape index (κ1) is 21.0. The molecule has 0 saturated heterocycles. The Labute approximate surface area is 187 Å². The fourth-order valence-corrected chi connectivity index (χ4v) is 3.82. The maximum atomic E-state index is 12.7. The number of nitriles is 1. The van der Waals surface area contributed by atoms with Crippen molar-refractivity contribution < 1.29 is 9.53 Å². The third-order valence-corrected chi connectivity index (χ3v) is 5.47. The number of carbonyl (C=O) groups excluding carboxylic acids is 1. The van der Waals surface area contributed by atoms with Crippen LogP contribution in [0.4, 0.5) is 5.69 Å². The monoisotopic (exact) mass is 421 g/mol. The summed E-state index contributed by atoms with van der Waals surface area (Å²) in [6.45, 7) is 4.01. The molecule has 1 aromatic heterocycles. The topological polar surface area (TPSA) is 67.0 Å². The van der Waals surface area contributed by atoms with Crippen molar-refractivity contribution in [1.29, 1.82) is 5.26 Å². The number of hydrogen-bond acceptors (Lipinski definition) is 3. The van der Waals surface area contributed by atoms with Crippen LogP contribution >= 0.6 is 0 Å². The van der Waals surface area contributed by atoms with Crippen LogP contribution in [0.1, 0.15) is 17.0 Å². The number of fused-ring (bicyclic) bond motifs is 1. The molecule has 1 N–H and O–H groups in total. The third-order valence-electron chi connectivity index (χ3n) is 5.47. The Balaban J connectivity index is 1.65. The van der Waals surface area contributed by atoms with Crippen molar-refractivity contribution in [1.82, 2.24) is 4.57 Å². The highest BCUT2D eigenvalue weighted by Gasteiger charge is 2.14. The number of nitrogens with zero attached hydrogens (tertiary/aromatic N) is 2. The number of aromatic nitrogens is 1. The van der Waals surface area contributed by atoms with Gasteiger partial charge in [-0.3, -0.25) is 4.79 Å². The van der Waals surface area contributed by atoms with E-state index in [9.17, 15) is 10.1 Å². The van der Waals surface area contributed by atoms with Crippen LogP contribution in [0, 0.1) is 25.2 Å². The standard InChI is InChI=1S/C27H23N3O2/c1-18-14-22(15-23(17-28)27(31)29-24-9-12-26(32-3)13-10-24)19(2)30(18)25-11-8-20-6-4-5-7-21(20)16-25/h4-16H,1-3H3,(H,29,31)/b23-15-. The van der Waals surface area contributed by atoms with Gasteiger partial charge in [-0.15, -0.1) is 0 Å². The van der Waals surface area contributed by atoms with E-state index in [1.165, 1.54) is 5.39 Å². The number of anilines is 1. The molecule has 0 fully saturated rings. The zero-order valence-electron chi connectivity index (χ0n) is 18.2. The molecule has 158 valence electrons. The molecule has 4 aromatic rings. The molecule has 5 heteroatoms. The Kier molecular flexibility index (Phi) is 5.78. The maximum Gasteiger partial charge on any atom is 0.266 e. The minimum Gasteiger partial charge on any atom is -0.497 e. The van der Waals surface area contributed by atoms with Crippen LogP contribution in [0.3, 0.4) is 0 Å². The van der Waals surface area contributed by atoms with Crippen LogP contribution in [0.5, 0.6) is 5.75 Å². The maximum absolute atomic E-state index is 12.7. The highest BCUT2D eigenvalue weighted by molar-refractivity contribution is 6.09. The van der Waals surface area contributed by atoms with E-state index in [2.05, 4.69) is 40.2 Å². The quantitative estimate of drug-likeness (QED) is 0.327. The van der Waals surface area contributed by atoms with Gasteiger partial charge in [0.2, 0.25) is 0 Å². The fraction of sp³-hybridized carbons (Fsp3) is 0.111. The van der Waals surface area contributed by atoms with Gasteiger partial charge in [0.25, 0.3) is 5.91 Å². The van der Waals surface area contributed by atoms with Crippen LogP contribution < -0.4 is 10.1 Å². The average Bonchev–Trinajstić information content (AvgIpc) is 3.10. The summed E-state index contributed by atoms with van der Waals surface area (Å²) >= 11 is 0. The van der Waals surface area contributed by atoms with Crippen molar-refractivity contribution in [3.63, 3.8) is 0 Å². The van der Waals surface area contributed by atoms with Crippen molar-refractivity contribution in [2.75, 3.05) is 12.4 Å². The second kappa shape index (κ2) is 8.83. The molecular formula is C27H23N3O2. The zero-order chi connectivity index (χ0) is 22.7. The molecule has 5 nitrogen and oxygen atoms in total. The first-order valence-corrected chi connectivity index (χ1v) is 10.3. The molecule has 0 radical (unpaired) electrons. The van der Waals surface area contributed by atoms with Gasteiger partial charge in [-0.05, 0) is 78.7 Å². The summed E-state index contributed by atoms with van der Waals surface area (Å²) in [6.07, 6.45) is 1.64. The lowest BCUT2D eigenvalue weighted by Gasteiger charge is -2.11. The zero-order valence-corrected chi connectivity index (χ0v) is 18.2. The van der Waals surface area contributed by atoms with Crippen molar-refractivity contribution in [3.8, 4) is 17.5 Å². The van der Waals surface area contributed by atoms with Crippen LogP contribution in [-0.2, 0) is 4.79 Å². The van der Waals surface area contributed by atoms with Gasteiger partial charge in [0, 0.05) is 22.8 Å². The van der Waals surface area contributed by atoms with E-state index in [0.29, 0.717) is 11.4 Å². The summed E-state index contributed by atoms with van der Waals surface area (Å²) in [5.74, 6) is 0.244. The van der Waals surface area contributed by atoms with E-state index in [-0.39, 0.29) is 5.57 Å². The Morgan fingerprint density at radius 1 is 1.00 bits per heavy atom. The molecule has 1 amide bonds. The fourth-order valence-electron chi connectivity index (χ4n) is 3.82. The van der Waals surface area contributed by atoms with Gasteiger partial charge < -0.3 is 14.6 Å². The summed E-state index contributed by atoms with van der Waals surface area (Å²) in [4.78, 5) is 12.7. The van der Waals surface area contributed by atoms with Crippen molar-refractivity contribution in [3.05, 3.63) is 95.3 Å². The molecule has 4 rings (SSSR count). The molecule has 0 atom stereocenters. The van der Waals surface area contributed by atoms with E-state index >= 15 is 0 Å². The van der Waals surface area contributed by atoms with E-state index in [1.807, 2.05) is 38.1 Å². The first-order valence-electron chi connectivity index (χ1n) is 10.3. The highest BCUT2D eigenvalue weighted by Crippen LogP contribution is 2.26. The molecule has 0 bridgehead atoms. The second-order valence-corrected chi connectivity index (χ2v) is 7.55. The average molecular weight is 422 g/mol. The van der Waals surface area contributed by atoms with Crippen LogP contribution in [0.15, 0.2) is 78.4 Å². The van der Waals surface area contributed by atoms with Gasteiger partial charge in [-0.1, -0.05) is 30.3 Å². The minimum atomic E-state index is -0.451. The SMILES string of the molecule is COc1ccc(NC(=O)/C(C#N)=C\c2cc(C)n(-c3ccc4ccccc4c3)c2C)cc1. The predicted molar refractivity (Wildman–Crippen MR) is 128 cm³/mol. The Morgan fingerprint density at radius 3 is 2.41 bits per heavy atom. The number of amides is 1. The molecule has 1 heterocycles. The van der Waals surface area contributed by atoms with E-state index in [4.69, 9.17) is 4.74 Å². The molecule has 0 aliphatic carbocycles. The summed E-state index contributed by atoms with van der Waals surface area (Å²) in [5.41, 5.74) is 4.49. The van der Waals surface area contributed by atoms with Gasteiger partial charge in [0.15, 0.2) is 0 Å². The lowest BCUT2D eigenvalue weighted by atomic mass is 10.1. The van der Waals surface area contributed by atoms with Crippen LogP contribution in [0.25, 0.3) is 22.5 Å². The number of methoxy groups -OCH3 is 1. The Bertz CT molecular complexity index is 1370. The number of carbonyl (C=O) groups is 1. The Hall–Kier alpha value is -4.30. The highest BCUT2D eigenvalue weighted by atomic mass is 16.5. The minimum absolute atomic E-state index is 0.0413. The van der Waals surface area contributed by atoms with Crippen LogP contribution in [-0.4, -0.2) is 17.6 Å². The number of ether oxygens (including phenoxy) is 1. The van der Waals surface area contributed by atoms with E-state index < -0.39 is 5.91 Å². The number of benzene rings is 3. The molecule has 0 aliphatic rings. The summed E-state index contributed by atoms with van der Waals surface area (Å²) in [5, 5.41) is 14.7. The molecule has 0 spiro atoms. The lowest BCUT2D eigenvalue weighted by molar-refractivity contribution is -0.112. The number of aryl methyl sites for hydroxylation is 1. The second-order valence-electron chi connectivity index (χ2n) is 7.55. The van der Waals surface area contributed by atoms with Crippen LogP contribution in [0.2, 0.25) is 0 Å². The number of rotatable bonds is 5. The number of nitrogens with one attached hydrogen (secondary N) is 1. The van der Waals surface area contributed by atoms with E-state index in [0.717, 1.165) is 28.0 Å². The molecule has 32 heavy (non-hydrogen) atoms. The van der Waals surface area contributed by atoms with Crippen molar-refractivity contribution >= 4 is 28.4 Å². The number of hydrogen-bond donors (Lipinski definition) is 1. The third kappa shape index (κ3) is 4.12. The summed E-state index contributed by atoms with van der Waals surface area (Å²) in [7, 11) is 1.58.